The van der Waals surface area contributed by atoms with E-state index < -0.39 is 0 Å². The summed E-state index contributed by atoms with van der Waals surface area (Å²) in [5.74, 6) is 0. The average molecular weight is 307 g/mol. The van der Waals surface area contributed by atoms with Gasteiger partial charge in [0.2, 0.25) is 10.1 Å². The molecule has 7 heteroatoms. The number of nitrogens with zero attached hydrogens (tertiary/aromatic N) is 4. The molecule has 1 fully saturated rings. The number of likely N-dealkylation sites (tertiary alicyclic amines) is 1. The highest BCUT2D eigenvalue weighted by atomic mass is 32.1. The van der Waals surface area contributed by atoms with Crippen LogP contribution in [0.2, 0.25) is 0 Å². The lowest BCUT2D eigenvalue weighted by molar-refractivity contribution is 0.246. The number of anilines is 1. The Bertz CT molecular complexity index is 674. The summed E-state index contributed by atoms with van der Waals surface area (Å²) in [5, 5.41) is 8.46. The Labute approximate surface area is 127 Å². The van der Waals surface area contributed by atoms with Gasteiger partial charge >= 0.3 is 0 Å². The molecule has 0 amide bonds. The summed E-state index contributed by atoms with van der Waals surface area (Å²) < 4.78 is 1.37. The van der Waals surface area contributed by atoms with Crippen LogP contribution in [0.3, 0.4) is 0 Å². The van der Waals surface area contributed by atoms with Gasteiger partial charge in [0.05, 0.1) is 0 Å². The van der Waals surface area contributed by atoms with Gasteiger partial charge in [-0.3, -0.25) is 9.69 Å². The summed E-state index contributed by atoms with van der Waals surface area (Å²) >= 11 is 1.43. The van der Waals surface area contributed by atoms with Gasteiger partial charge in [-0.25, -0.2) is 4.98 Å². The first-order valence-corrected chi connectivity index (χ1v) is 8.34. The first-order valence-electron chi connectivity index (χ1n) is 7.53. The van der Waals surface area contributed by atoms with Crippen molar-refractivity contribution in [3.05, 3.63) is 22.1 Å². The monoisotopic (exact) mass is 307 g/mol. The molecule has 6 nitrogen and oxygen atoms in total. The van der Waals surface area contributed by atoms with Crippen LogP contribution in [-0.4, -0.2) is 45.2 Å². The maximum atomic E-state index is 11.8. The summed E-state index contributed by atoms with van der Waals surface area (Å²) in [4.78, 5) is 19.4. The van der Waals surface area contributed by atoms with Gasteiger partial charge in [-0.2, -0.15) is 4.52 Å². The van der Waals surface area contributed by atoms with E-state index in [-0.39, 0.29) is 5.56 Å². The molecule has 3 heterocycles. The molecule has 0 bridgehead atoms. The molecular weight excluding hydrogens is 286 g/mol. The molecule has 1 atom stereocenters. The van der Waals surface area contributed by atoms with E-state index in [0.29, 0.717) is 11.0 Å². The molecule has 0 aliphatic carbocycles. The Kier molecular flexibility index (Phi) is 4.21. The van der Waals surface area contributed by atoms with Gasteiger partial charge in [0.15, 0.2) is 0 Å². The minimum absolute atomic E-state index is 0.117. The largest absolute Gasteiger partial charge is 0.359 e. The van der Waals surface area contributed by atoms with Crippen LogP contribution in [0.1, 0.15) is 31.9 Å². The van der Waals surface area contributed by atoms with Gasteiger partial charge in [-0.05, 0) is 39.3 Å². The molecule has 1 N–H and O–H groups in total. The Hall–Kier alpha value is -1.47. The third kappa shape index (κ3) is 3.08. The molecule has 2 aromatic heterocycles. The minimum Gasteiger partial charge on any atom is -0.359 e. The number of fused-ring (bicyclic) bond motifs is 1. The molecule has 1 saturated heterocycles. The topological polar surface area (TPSA) is 62.5 Å². The summed E-state index contributed by atoms with van der Waals surface area (Å²) in [6.45, 7) is 7.30. The van der Waals surface area contributed by atoms with Crippen LogP contribution in [0.25, 0.3) is 4.96 Å². The fourth-order valence-corrected chi connectivity index (χ4v) is 3.69. The van der Waals surface area contributed by atoms with Crippen molar-refractivity contribution in [1.29, 1.82) is 0 Å². The van der Waals surface area contributed by atoms with Crippen LogP contribution in [0.15, 0.2) is 10.9 Å². The quantitative estimate of drug-likeness (QED) is 0.912. The molecule has 2 aromatic rings. The summed E-state index contributed by atoms with van der Waals surface area (Å²) in [5.41, 5.74) is 0.618. The zero-order chi connectivity index (χ0) is 14.8. The Morgan fingerprint density at radius 1 is 1.43 bits per heavy atom. The van der Waals surface area contributed by atoms with Crippen molar-refractivity contribution in [3.63, 3.8) is 0 Å². The lowest BCUT2D eigenvalue weighted by Crippen LogP contribution is -2.37. The van der Waals surface area contributed by atoms with Crippen LogP contribution in [0, 0.1) is 6.92 Å². The lowest BCUT2D eigenvalue weighted by Gasteiger charge is -2.26. The van der Waals surface area contributed by atoms with Crippen molar-refractivity contribution < 1.29 is 0 Å². The van der Waals surface area contributed by atoms with Crippen molar-refractivity contribution in [3.8, 4) is 0 Å². The average Bonchev–Trinajstić information content (AvgIpc) is 3.08. The highest BCUT2D eigenvalue weighted by molar-refractivity contribution is 7.20. The van der Waals surface area contributed by atoms with E-state index in [9.17, 15) is 4.79 Å². The molecule has 0 radical (unpaired) electrons. The summed E-state index contributed by atoms with van der Waals surface area (Å²) in [6, 6.07) is 2.04. The molecule has 0 saturated carbocycles. The third-order valence-electron chi connectivity index (χ3n) is 3.99. The van der Waals surface area contributed by atoms with E-state index in [2.05, 4.69) is 27.2 Å². The smallest absolute Gasteiger partial charge is 0.275 e. The second-order valence-corrected chi connectivity index (χ2v) is 6.48. The highest BCUT2D eigenvalue weighted by Gasteiger charge is 2.20. The Morgan fingerprint density at radius 2 is 2.19 bits per heavy atom. The zero-order valence-electron chi connectivity index (χ0n) is 12.5. The summed E-state index contributed by atoms with van der Waals surface area (Å²) in [7, 11) is 0. The molecule has 0 aromatic carbocycles. The van der Waals surface area contributed by atoms with E-state index in [1.807, 2.05) is 6.92 Å². The first-order chi connectivity index (χ1) is 10.2. The number of aryl methyl sites for hydroxylation is 1. The van der Waals surface area contributed by atoms with Crippen molar-refractivity contribution in [2.24, 2.45) is 0 Å². The van der Waals surface area contributed by atoms with Gasteiger partial charge in [0.25, 0.3) is 5.56 Å². The highest BCUT2D eigenvalue weighted by Crippen LogP contribution is 2.18. The van der Waals surface area contributed by atoms with Crippen molar-refractivity contribution in [2.75, 3.05) is 25.0 Å². The second kappa shape index (κ2) is 6.11. The van der Waals surface area contributed by atoms with Gasteiger partial charge in [-0.1, -0.05) is 18.3 Å². The van der Waals surface area contributed by atoms with Gasteiger partial charge in [0, 0.05) is 24.3 Å². The minimum atomic E-state index is -0.117. The van der Waals surface area contributed by atoms with E-state index >= 15 is 0 Å². The van der Waals surface area contributed by atoms with Crippen LogP contribution >= 0.6 is 11.3 Å². The first kappa shape index (κ1) is 14.5. The van der Waals surface area contributed by atoms with Crippen molar-refractivity contribution in [2.45, 2.75) is 39.2 Å². The molecular formula is C14H21N5OS. The van der Waals surface area contributed by atoms with Gasteiger partial charge in [0.1, 0.15) is 0 Å². The van der Waals surface area contributed by atoms with Crippen LogP contribution in [-0.2, 0) is 0 Å². The molecule has 114 valence electrons. The SMILES string of the molecule is CC[C@@H](CNc1nn2c(=O)cc(C)nc2s1)N1CCCC1. The molecule has 0 unspecified atom stereocenters. The normalized spacial score (nSPS) is 17.4. The standard InChI is InChI=1S/C14H21N5OS/c1-3-11(18-6-4-5-7-18)9-15-13-17-19-12(20)8-10(2)16-14(19)21-13/h8,11H,3-7,9H2,1-2H3,(H,15,17)/t11-/m0/s1. The predicted octanol–water partition coefficient (Wildman–Crippen LogP) is 1.75. The Morgan fingerprint density at radius 3 is 2.90 bits per heavy atom. The number of hydrogen-bond acceptors (Lipinski definition) is 6. The molecule has 3 rings (SSSR count). The van der Waals surface area contributed by atoms with E-state index in [0.717, 1.165) is 23.8 Å². The number of nitrogens with one attached hydrogen (secondary N) is 1. The predicted molar refractivity (Wildman–Crippen MR) is 85.2 cm³/mol. The lowest BCUT2D eigenvalue weighted by atomic mass is 10.2. The molecule has 21 heavy (non-hydrogen) atoms. The summed E-state index contributed by atoms with van der Waals surface area (Å²) in [6.07, 6.45) is 3.72. The fraction of sp³-hybridized carbons (Fsp3) is 0.643. The van der Waals surface area contributed by atoms with Gasteiger partial charge < -0.3 is 5.32 Å². The number of hydrogen-bond donors (Lipinski definition) is 1. The van der Waals surface area contributed by atoms with Crippen molar-refractivity contribution >= 4 is 21.4 Å². The number of aromatic nitrogens is 3. The number of rotatable bonds is 5. The van der Waals surface area contributed by atoms with Crippen LogP contribution in [0.5, 0.6) is 0 Å². The van der Waals surface area contributed by atoms with Crippen molar-refractivity contribution in [1.82, 2.24) is 19.5 Å². The Balaban J connectivity index is 1.72. The van der Waals surface area contributed by atoms with Gasteiger partial charge in [-0.15, -0.1) is 5.10 Å². The third-order valence-corrected chi connectivity index (χ3v) is 4.86. The maximum absolute atomic E-state index is 11.8. The molecule has 1 aliphatic rings. The molecule has 1 aliphatic heterocycles. The molecule has 0 spiro atoms. The van der Waals surface area contributed by atoms with E-state index in [1.54, 1.807) is 0 Å². The van der Waals surface area contributed by atoms with Crippen LogP contribution < -0.4 is 10.9 Å². The van der Waals surface area contributed by atoms with E-state index in [4.69, 9.17) is 0 Å². The van der Waals surface area contributed by atoms with Crippen LogP contribution in [0.4, 0.5) is 5.13 Å². The second-order valence-electron chi connectivity index (χ2n) is 5.52. The van der Waals surface area contributed by atoms with E-state index in [1.165, 1.54) is 47.8 Å². The maximum Gasteiger partial charge on any atom is 0.275 e. The fourth-order valence-electron chi connectivity index (χ4n) is 2.84. The zero-order valence-corrected chi connectivity index (χ0v) is 13.3.